The highest BCUT2D eigenvalue weighted by molar-refractivity contribution is 6.30. The Kier molecular flexibility index (Phi) is 4.53. The summed E-state index contributed by atoms with van der Waals surface area (Å²) in [4.78, 5) is 30.6. The van der Waals surface area contributed by atoms with Gasteiger partial charge in [-0.2, -0.15) is 0 Å². The lowest BCUT2D eigenvalue weighted by Crippen LogP contribution is -2.28. The fraction of sp³-hybridized carbons (Fsp3) is 0.278. The first-order valence-corrected chi connectivity index (χ1v) is 8.12. The van der Waals surface area contributed by atoms with Crippen molar-refractivity contribution in [1.29, 1.82) is 0 Å². The molecule has 0 radical (unpaired) electrons. The van der Waals surface area contributed by atoms with E-state index in [0.29, 0.717) is 22.9 Å². The van der Waals surface area contributed by atoms with Crippen LogP contribution in [0.25, 0.3) is 0 Å². The molecule has 1 aromatic carbocycles. The number of aromatic nitrogens is 1. The smallest absolute Gasteiger partial charge is 0.229 e. The Hall–Kier alpha value is -2.40. The number of rotatable bonds is 3. The van der Waals surface area contributed by atoms with Crippen molar-refractivity contribution in [2.45, 2.75) is 20.3 Å². The van der Waals surface area contributed by atoms with Crippen molar-refractivity contribution < 1.29 is 9.59 Å². The fourth-order valence-electron chi connectivity index (χ4n) is 2.80. The van der Waals surface area contributed by atoms with E-state index in [0.717, 1.165) is 11.3 Å². The Labute approximate surface area is 145 Å². The van der Waals surface area contributed by atoms with Gasteiger partial charge in [-0.1, -0.05) is 23.7 Å². The Morgan fingerprint density at radius 2 is 2.12 bits per heavy atom. The second-order valence-electron chi connectivity index (χ2n) is 6.02. The largest absolute Gasteiger partial charge is 0.324 e. The van der Waals surface area contributed by atoms with Crippen LogP contribution >= 0.6 is 11.6 Å². The number of benzene rings is 1. The molecule has 1 N–H and O–H groups in total. The van der Waals surface area contributed by atoms with E-state index in [1.807, 2.05) is 31.2 Å². The zero-order valence-electron chi connectivity index (χ0n) is 13.5. The third kappa shape index (κ3) is 3.41. The van der Waals surface area contributed by atoms with E-state index in [-0.39, 0.29) is 18.2 Å². The van der Waals surface area contributed by atoms with Crippen LogP contribution in [0.15, 0.2) is 36.5 Å². The van der Waals surface area contributed by atoms with Crippen molar-refractivity contribution in [1.82, 2.24) is 4.98 Å². The number of amides is 2. The number of aryl methyl sites for hydroxylation is 2. The van der Waals surface area contributed by atoms with Crippen LogP contribution in [0.4, 0.5) is 11.4 Å². The molecule has 2 heterocycles. The van der Waals surface area contributed by atoms with E-state index in [1.54, 1.807) is 17.9 Å². The zero-order valence-corrected chi connectivity index (χ0v) is 14.3. The van der Waals surface area contributed by atoms with Gasteiger partial charge < -0.3 is 10.2 Å². The van der Waals surface area contributed by atoms with Gasteiger partial charge >= 0.3 is 0 Å². The van der Waals surface area contributed by atoms with Crippen LogP contribution in [0.2, 0.25) is 5.02 Å². The van der Waals surface area contributed by atoms with Crippen LogP contribution in [0.1, 0.15) is 17.7 Å². The number of anilines is 2. The van der Waals surface area contributed by atoms with Crippen LogP contribution in [-0.4, -0.2) is 23.3 Å². The molecule has 1 aliphatic rings. The number of pyridine rings is 1. The molecule has 1 atom stereocenters. The number of halogens is 1. The van der Waals surface area contributed by atoms with E-state index in [2.05, 4.69) is 10.3 Å². The molecule has 6 heteroatoms. The van der Waals surface area contributed by atoms with E-state index in [1.165, 1.54) is 6.20 Å². The van der Waals surface area contributed by atoms with Crippen molar-refractivity contribution in [2.75, 3.05) is 16.8 Å². The minimum absolute atomic E-state index is 0.0401. The lowest BCUT2D eigenvalue weighted by atomic mass is 10.1. The molecule has 5 nitrogen and oxygen atoms in total. The summed E-state index contributed by atoms with van der Waals surface area (Å²) in [5, 5.41) is 3.29. The van der Waals surface area contributed by atoms with Gasteiger partial charge in [0.25, 0.3) is 0 Å². The number of carbonyl (C=O) groups excluding carboxylic acids is 2. The standard InChI is InChI=1S/C18H18ClN3O2/c1-11-4-3-5-15(6-11)22-10-13(7-17(22)23)18(24)21-16-8-14(19)9-20-12(16)2/h3-6,8-9,13H,7,10H2,1-2H3,(H,21,24). The molecule has 1 unspecified atom stereocenters. The maximum absolute atomic E-state index is 12.5. The minimum Gasteiger partial charge on any atom is -0.324 e. The lowest BCUT2D eigenvalue weighted by Gasteiger charge is -2.17. The van der Waals surface area contributed by atoms with Crippen LogP contribution < -0.4 is 10.2 Å². The number of hydrogen-bond acceptors (Lipinski definition) is 3. The van der Waals surface area contributed by atoms with Gasteiger partial charge in [-0.3, -0.25) is 14.6 Å². The Morgan fingerprint density at radius 1 is 1.33 bits per heavy atom. The molecule has 1 saturated heterocycles. The lowest BCUT2D eigenvalue weighted by molar-refractivity contribution is -0.122. The van der Waals surface area contributed by atoms with Crippen LogP contribution in [0, 0.1) is 19.8 Å². The second kappa shape index (κ2) is 6.61. The average molecular weight is 344 g/mol. The summed E-state index contributed by atoms with van der Waals surface area (Å²) in [5.41, 5.74) is 3.17. The molecule has 1 aromatic heterocycles. The van der Waals surface area contributed by atoms with Gasteiger partial charge in [0, 0.05) is 24.8 Å². The zero-order chi connectivity index (χ0) is 17.3. The first-order valence-electron chi connectivity index (χ1n) is 7.74. The highest BCUT2D eigenvalue weighted by Crippen LogP contribution is 2.27. The Bertz CT molecular complexity index is 807. The average Bonchev–Trinajstić information content (AvgIpc) is 2.93. The molecule has 1 aliphatic heterocycles. The number of nitrogens with zero attached hydrogens (tertiary/aromatic N) is 2. The summed E-state index contributed by atoms with van der Waals surface area (Å²) < 4.78 is 0. The Morgan fingerprint density at radius 3 is 2.88 bits per heavy atom. The Balaban J connectivity index is 1.73. The first kappa shape index (κ1) is 16.5. The summed E-state index contributed by atoms with van der Waals surface area (Å²) in [6.45, 7) is 4.15. The highest BCUT2D eigenvalue weighted by atomic mass is 35.5. The van der Waals surface area contributed by atoms with E-state index >= 15 is 0 Å². The van der Waals surface area contributed by atoms with E-state index in [9.17, 15) is 9.59 Å². The third-order valence-corrected chi connectivity index (χ3v) is 4.33. The molecule has 124 valence electrons. The second-order valence-corrected chi connectivity index (χ2v) is 6.46. The quantitative estimate of drug-likeness (QED) is 0.929. The van der Waals surface area contributed by atoms with Crippen LogP contribution in [0.5, 0.6) is 0 Å². The molecule has 24 heavy (non-hydrogen) atoms. The highest BCUT2D eigenvalue weighted by Gasteiger charge is 2.35. The van der Waals surface area contributed by atoms with Crippen molar-refractivity contribution in [3.05, 3.63) is 52.8 Å². The maximum Gasteiger partial charge on any atom is 0.229 e. The summed E-state index contributed by atoms with van der Waals surface area (Å²) in [7, 11) is 0. The molecule has 2 aromatic rings. The van der Waals surface area contributed by atoms with Crippen LogP contribution in [0.3, 0.4) is 0 Å². The van der Waals surface area contributed by atoms with Gasteiger partial charge in [0.1, 0.15) is 0 Å². The fourth-order valence-corrected chi connectivity index (χ4v) is 2.96. The van der Waals surface area contributed by atoms with Gasteiger partial charge in [0.15, 0.2) is 0 Å². The van der Waals surface area contributed by atoms with Gasteiger partial charge in [0.2, 0.25) is 11.8 Å². The molecule has 0 bridgehead atoms. The molecule has 3 rings (SSSR count). The number of carbonyl (C=O) groups is 2. The molecule has 1 fully saturated rings. The first-order chi connectivity index (χ1) is 11.4. The van der Waals surface area contributed by atoms with Crippen molar-refractivity contribution in [3.63, 3.8) is 0 Å². The summed E-state index contributed by atoms with van der Waals surface area (Å²) in [5.74, 6) is -0.622. The molecule has 2 amide bonds. The predicted octanol–water partition coefficient (Wildman–Crippen LogP) is 3.34. The maximum atomic E-state index is 12.5. The molecule has 0 aliphatic carbocycles. The van der Waals surface area contributed by atoms with Crippen LogP contribution in [-0.2, 0) is 9.59 Å². The predicted molar refractivity (Wildman–Crippen MR) is 94.3 cm³/mol. The van der Waals surface area contributed by atoms with Gasteiger partial charge in [-0.25, -0.2) is 0 Å². The van der Waals surface area contributed by atoms with E-state index < -0.39 is 5.92 Å². The van der Waals surface area contributed by atoms with Gasteiger partial charge in [0.05, 0.1) is 22.3 Å². The topological polar surface area (TPSA) is 62.3 Å². The molecule has 0 spiro atoms. The van der Waals surface area contributed by atoms with Gasteiger partial charge in [-0.15, -0.1) is 0 Å². The van der Waals surface area contributed by atoms with Gasteiger partial charge in [-0.05, 0) is 37.6 Å². The van der Waals surface area contributed by atoms with Crippen molar-refractivity contribution >= 4 is 34.8 Å². The van der Waals surface area contributed by atoms with E-state index in [4.69, 9.17) is 11.6 Å². The van der Waals surface area contributed by atoms with Crippen molar-refractivity contribution in [3.8, 4) is 0 Å². The summed E-state index contributed by atoms with van der Waals surface area (Å²) >= 11 is 5.92. The summed E-state index contributed by atoms with van der Waals surface area (Å²) in [6, 6.07) is 9.38. The number of hydrogen-bond donors (Lipinski definition) is 1. The molecule has 0 saturated carbocycles. The normalized spacial score (nSPS) is 17.2. The number of nitrogens with one attached hydrogen (secondary N) is 1. The SMILES string of the molecule is Cc1cccc(N2CC(C(=O)Nc3cc(Cl)cnc3C)CC2=O)c1. The molecular formula is C18H18ClN3O2. The third-order valence-electron chi connectivity index (χ3n) is 4.12. The minimum atomic E-state index is -0.392. The monoisotopic (exact) mass is 343 g/mol. The van der Waals surface area contributed by atoms with Crippen molar-refractivity contribution in [2.24, 2.45) is 5.92 Å². The summed E-state index contributed by atoms with van der Waals surface area (Å²) in [6.07, 6.45) is 1.73. The molecular weight excluding hydrogens is 326 g/mol.